The van der Waals surface area contributed by atoms with Crippen molar-refractivity contribution in [3.05, 3.63) is 76.7 Å². The number of amides is 1. The molecule has 182 valence electrons. The van der Waals surface area contributed by atoms with Gasteiger partial charge in [-0.15, -0.1) is 0 Å². The van der Waals surface area contributed by atoms with E-state index in [0.29, 0.717) is 16.9 Å². The number of carbonyl (C=O) groups excluding carboxylic acids is 1. The standard InChI is InChI=1S/C23H28F2N6O3/c1-15(2)23(24,25)21(26)14-34-22(33)28-18-8-6-7-17(11-18)12-19-20(32)9-10-31(29-19)16(3)13-27-30(4)5/h6-11,13,21H,1,3,12,14,26H2,2,4-5H3,(H,28,33). The van der Waals surface area contributed by atoms with Gasteiger partial charge in [-0.25, -0.2) is 9.48 Å². The molecule has 9 nitrogen and oxygen atoms in total. The van der Waals surface area contributed by atoms with Gasteiger partial charge in [0, 0.05) is 38.5 Å². The normalized spacial score (nSPS) is 12.3. The van der Waals surface area contributed by atoms with Crippen molar-refractivity contribution < 1.29 is 18.3 Å². The number of rotatable bonds is 10. The Hall–Kier alpha value is -3.86. The molecule has 0 aliphatic rings. The first-order chi connectivity index (χ1) is 15.9. The van der Waals surface area contributed by atoms with Crippen LogP contribution >= 0.6 is 0 Å². The topological polar surface area (TPSA) is 115 Å². The first kappa shape index (κ1) is 26.4. The molecular formula is C23H28F2N6O3. The fourth-order valence-electron chi connectivity index (χ4n) is 2.66. The first-order valence-corrected chi connectivity index (χ1v) is 10.2. The Morgan fingerprint density at radius 2 is 2.09 bits per heavy atom. The fraction of sp³-hybridized carbons (Fsp3) is 0.304. The molecule has 2 aromatic rings. The molecule has 1 unspecified atom stereocenters. The van der Waals surface area contributed by atoms with E-state index in [1.54, 1.807) is 43.4 Å². The van der Waals surface area contributed by atoms with Crippen LogP contribution in [0.1, 0.15) is 18.2 Å². The highest BCUT2D eigenvalue weighted by atomic mass is 19.3. The van der Waals surface area contributed by atoms with E-state index in [4.69, 9.17) is 10.5 Å². The number of halogens is 2. The summed E-state index contributed by atoms with van der Waals surface area (Å²) in [5.74, 6) is -3.36. The highest BCUT2D eigenvalue weighted by molar-refractivity contribution is 6.00. The third kappa shape index (κ3) is 7.34. The second kappa shape index (κ2) is 11.3. The quantitative estimate of drug-likeness (QED) is 0.311. The Morgan fingerprint density at radius 3 is 2.74 bits per heavy atom. The molecule has 1 atom stereocenters. The van der Waals surface area contributed by atoms with Crippen LogP contribution in [0.4, 0.5) is 19.3 Å². The average molecular weight is 475 g/mol. The second-order valence-corrected chi connectivity index (χ2v) is 7.76. The Kier molecular flexibility index (Phi) is 8.79. The van der Waals surface area contributed by atoms with Gasteiger partial charge in [-0.05, 0) is 30.2 Å². The van der Waals surface area contributed by atoms with Crippen LogP contribution < -0.4 is 16.5 Å². The number of nitrogens with one attached hydrogen (secondary N) is 1. The Morgan fingerprint density at radius 1 is 1.38 bits per heavy atom. The highest BCUT2D eigenvalue weighted by Gasteiger charge is 2.38. The largest absolute Gasteiger partial charge is 0.447 e. The van der Waals surface area contributed by atoms with Crippen LogP contribution in [-0.4, -0.2) is 59.8 Å². The van der Waals surface area contributed by atoms with E-state index in [9.17, 15) is 18.4 Å². The monoisotopic (exact) mass is 474 g/mol. The van der Waals surface area contributed by atoms with Crippen molar-refractivity contribution in [1.82, 2.24) is 14.8 Å². The lowest BCUT2D eigenvalue weighted by molar-refractivity contribution is -0.00649. The summed E-state index contributed by atoms with van der Waals surface area (Å²) in [5, 5.41) is 12.4. The van der Waals surface area contributed by atoms with Crippen molar-refractivity contribution in [2.45, 2.75) is 25.3 Å². The molecule has 0 aliphatic carbocycles. The summed E-state index contributed by atoms with van der Waals surface area (Å²) in [6, 6.07) is 6.27. The van der Waals surface area contributed by atoms with Gasteiger partial charge in [-0.2, -0.15) is 19.0 Å². The molecule has 0 aliphatic heterocycles. The van der Waals surface area contributed by atoms with E-state index in [2.05, 4.69) is 28.7 Å². The van der Waals surface area contributed by atoms with Crippen molar-refractivity contribution in [2.75, 3.05) is 26.0 Å². The third-order valence-electron chi connectivity index (χ3n) is 4.59. The average Bonchev–Trinajstić information content (AvgIpc) is 2.77. The summed E-state index contributed by atoms with van der Waals surface area (Å²) in [5.41, 5.74) is 6.48. The van der Waals surface area contributed by atoms with E-state index in [1.165, 1.54) is 23.2 Å². The number of hydrazone groups is 1. The number of benzene rings is 1. The summed E-state index contributed by atoms with van der Waals surface area (Å²) >= 11 is 0. The molecule has 0 saturated carbocycles. The van der Waals surface area contributed by atoms with Gasteiger partial charge in [0.15, 0.2) is 0 Å². The number of nitrogens with zero attached hydrogens (tertiary/aromatic N) is 4. The number of hydrogen-bond acceptors (Lipinski definition) is 7. The minimum Gasteiger partial charge on any atom is -0.447 e. The molecule has 2 rings (SSSR count). The molecule has 0 bridgehead atoms. The molecular weight excluding hydrogens is 446 g/mol. The number of nitrogens with two attached hydrogens (primary N) is 1. The van der Waals surface area contributed by atoms with Crippen molar-refractivity contribution >= 4 is 23.7 Å². The summed E-state index contributed by atoms with van der Waals surface area (Å²) in [6.45, 7) is 7.53. The van der Waals surface area contributed by atoms with Gasteiger partial charge in [-0.1, -0.05) is 25.3 Å². The number of aromatic nitrogens is 2. The van der Waals surface area contributed by atoms with Gasteiger partial charge < -0.3 is 15.5 Å². The van der Waals surface area contributed by atoms with E-state index in [1.807, 2.05) is 0 Å². The van der Waals surface area contributed by atoms with Crippen LogP contribution in [0, 0.1) is 0 Å². The molecule has 34 heavy (non-hydrogen) atoms. The Bertz CT molecular complexity index is 1140. The molecule has 1 aromatic carbocycles. The van der Waals surface area contributed by atoms with Crippen LogP contribution in [0.5, 0.6) is 0 Å². The molecule has 3 N–H and O–H groups in total. The Labute approximate surface area is 196 Å². The van der Waals surface area contributed by atoms with Crippen LogP contribution in [-0.2, 0) is 11.2 Å². The zero-order valence-electron chi connectivity index (χ0n) is 19.3. The number of ether oxygens (including phenoxy) is 1. The van der Waals surface area contributed by atoms with Crippen LogP contribution in [0.3, 0.4) is 0 Å². The molecule has 1 aromatic heterocycles. The third-order valence-corrected chi connectivity index (χ3v) is 4.59. The summed E-state index contributed by atoms with van der Waals surface area (Å²) in [6.07, 6.45) is 2.24. The van der Waals surface area contributed by atoms with Gasteiger partial charge in [-0.3, -0.25) is 10.1 Å². The predicted octanol–water partition coefficient (Wildman–Crippen LogP) is 2.94. The van der Waals surface area contributed by atoms with Crippen LogP contribution in [0.15, 0.2) is 65.2 Å². The van der Waals surface area contributed by atoms with Crippen molar-refractivity contribution in [2.24, 2.45) is 10.8 Å². The molecule has 1 heterocycles. The highest BCUT2D eigenvalue weighted by Crippen LogP contribution is 2.25. The first-order valence-electron chi connectivity index (χ1n) is 10.2. The number of hydrogen-bond donors (Lipinski definition) is 2. The predicted molar refractivity (Wildman–Crippen MR) is 128 cm³/mol. The SMILES string of the molecule is C=C(C=NN(C)C)n1ccc(=O)c(Cc2cccc(NC(=O)OCC(N)C(F)(F)C(=C)C)c2)n1. The Balaban J connectivity index is 2.07. The minimum atomic E-state index is -3.36. The lowest BCUT2D eigenvalue weighted by Crippen LogP contribution is -2.45. The van der Waals surface area contributed by atoms with Crippen LogP contribution in [0.25, 0.3) is 5.70 Å². The maximum atomic E-state index is 13.8. The van der Waals surface area contributed by atoms with Gasteiger partial charge in [0.2, 0.25) is 5.43 Å². The molecule has 0 saturated heterocycles. The maximum Gasteiger partial charge on any atom is 0.411 e. The molecule has 0 radical (unpaired) electrons. The van der Waals surface area contributed by atoms with E-state index >= 15 is 0 Å². The molecule has 11 heteroatoms. The van der Waals surface area contributed by atoms with Crippen molar-refractivity contribution in [3.8, 4) is 0 Å². The zero-order chi connectivity index (χ0) is 25.5. The van der Waals surface area contributed by atoms with E-state index < -0.39 is 30.2 Å². The number of allylic oxidation sites excluding steroid dienone is 1. The van der Waals surface area contributed by atoms with Crippen molar-refractivity contribution in [1.29, 1.82) is 0 Å². The minimum absolute atomic E-state index is 0.179. The van der Waals surface area contributed by atoms with E-state index in [0.717, 1.165) is 6.92 Å². The fourth-order valence-corrected chi connectivity index (χ4v) is 2.66. The van der Waals surface area contributed by atoms with Gasteiger partial charge >= 0.3 is 6.09 Å². The summed E-state index contributed by atoms with van der Waals surface area (Å²) < 4.78 is 33.8. The van der Waals surface area contributed by atoms with Gasteiger partial charge in [0.25, 0.3) is 5.92 Å². The molecule has 1 amide bonds. The lowest BCUT2D eigenvalue weighted by atomic mass is 10.1. The van der Waals surface area contributed by atoms with Crippen molar-refractivity contribution in [3.63, 3.8) is 0 Å². The number of alkyl halides is 2. The number of anilines is 1. The van der Waals surface area contributed by atoms with Crippen LogP contribution in [0.2, 0.25) is 0 Å². The van der Waals surface area contributed by atoms with Gasteiger partial charge in [0.1, 0.15) is 18.3 Å². The summed E-state index contributed by atoms with van der Waals surface area (Å²) in [7, 11) is 3.52. The molecule has 0 fully saturated rings. The molecule has 0 spiro atoms. The lowest BCUT2D eigenvalue weighted by Gasteiger charge is -2.23. The zero-order valence-corrected chi connectivity index (χ0v) is 19.3. The van der Waals surface area contributed by atoms with Gasteiger partial charge in [0.05, 0.1) is 11.9 Å². The maximum absolute atomic E-state index is 13.8. The second-order valence-electron chi connectivity index (χ2n) is 7.76. The smallest absolute Gasteiger partial charge is 0.411 e. The summed E-state index contributed by atoms with van der Waals surface area (Å²) in [4.78, 5) is 24.3. The number of carbonyl (C=O) groups is 1. The van der Waals surface area contributed by atoms with E-state index in [-0.39, 0.29) is 17.5 Å².